The van der Waals surface area contributed by atoms with E-state index in [1.807, 2.05) is 18.2 Å². The molecule has 1 heterocycles. The number of fused-ring (bicyclic) bond motifs is 1. The van der Waals surface area contributed by atoms with Gasteiger partial charge in [-0.1, -0.05) is 6.07 Å². The molecule has 1 N–H and O–H groups in total. The number of methoxy groups -OCH3 is 1. The number of carboxylic acid groups (broad SMARTS) is 1. The van der Waals surface area contributed by atoms with Crippen LogP contribution in [0.2, 0.25) is 0 Å². The van der Waals surface area contributed by atoms with Gasteiger partial charge in [-0.15, -0.1) is 0 Å². The minimum atomic E-state index is -0.884. The Morgan fingerprint density at radius 1 is 1.29 bits per heavy atom. The highest BCUT2D eigenvalue weighted by molar-refractivity contribution is 5.83. The van der Waals surface area contributed by atoms with Gasteiger partial charge in [-0.25, -0.2) is 4.79 Å². The van der Waals surface area contributed by atoms with Crippen molar-refractivity contribution in [3.8, 4) is 5.75 Å². The first-order valence-electron chi connectivity index (χ1n) is 7.42. The zero-order chi connectivity index (χ0) is 15.0. The molecule has 1 fully saturated rings. The SMILES string of the molecule is COc1ccc2c(c1)C(C(=O)O)(N1CCN(C)CC1)CC2. The fourth-order valence-electron chi connectivity index (χ4n) is 3.61. The van der Waals surface area contributed by atoms with Crippen LogP contribution in [0.1, 0.15) is 17.5 Å². The van der Waals surface area contributed by atoms with Crippen molar-refractivity contribution in [3.05, 3.63) is 29.3 Å². The van der Waals surface area contributed by atoms with Gasteiger partial charge in [0.1, 0.15) is 11.3 Å². The third-order valence-electron chi connectivity index (χ3n) is 4.92. The topological polar surface area (TPSA) is 53.0 Å². The van der Waals surface area contributed by atoms with Crippen molar-refractivity contribution in [1.29, 1.82) is 0 Å². The second-order valence-electron chi connectivity index (χ2n) is 5.98. The van der Waals surface area contributed by atoms with Gasteiger partial charge in [-0.2, -0.15) is 0 Å². The molecule has 1 atom stereocenters. The van der Waals surface area contributed by atoms with E-state index in [4.69, 9.17) is 4.74 Å². The molecule has 1 aromatic rings. The van der Waals surface area contributed by atoms with Gasteiger partial charge >= 0.3 is 5.97 Å². The molecule has 2 aliphatic rings. The van der Waals surface area contributed by atoms with Gasteiger partial charge in [0.25, 0.3) is 0 Å². The lowest BCUT2D eigenvalue weighted by Crippen LogP contribution is -2.57. The van der Waals surface area contributed by atoms with E-state index in [2.05, 4.69) is 16.8 Å². The summed E-state index contributed by atoms with van der Waals surface area (Å²) in [6.07, 6.45) is 1.46. The smallest absolute Gasteiger partial charge is 0.328 e. The van der Waals surface area contributed by atoms with E-state index in [1.165, 1.54) is 0 Å². The third kappa shape index (κ3) is 2.21. The maximum absolute atomic E-state index is 12.2. The number of aliphatic carboxylic acids is 1. The first kappa shape index (κ1) is 14.4. The first-order valence-corrected chi connectivity index (χ1v) is 7.42. The zero-order valence-electron chi connectivity index (χ0n) is 12.6. The lowest BCUT2D eigenvalue weighted by atomic mass is 9.88. The molecule has 5 nitrogen and oxygen atoms in total. The molecule has 1 aliphatic carbocycles. The van der Waals surface area contributed by atoms with Crippen molar-refractivity contribution in [1.82, 2.24) is 9.80 Å². The summed E-state index contributed by atoms with van der Waals surface area (Å²) in [6, 6.07) is 5.84. The number of nitrogens with zero attached hydrogens (tertiary/aromatic N) is 2. The maximum Gasteiger partial charge on any atom is 0.328 e. The van der Waals surface area contributed by atoms with Gasteiger partial charge in [-0.05, 0) is 43.1 Å². The minimum absolute atomic E-state index is 0.647. The minimum Gasteiger partial charge on any atom is -0.497 e. The van der Waals surface area contributed by atoms with E-state index in [0.29, 0.717) is 6.42 Å². The Morgan fingerprint density at radius 3 is 2.62 bits per heavy atom. The quantitative estimate of drug-likeness (QED) is 0.905. The fourth-order valence-corrected chi connectivity index (χ4v) is 3.61. The molecular weight excluding hydrogens is 268 g/mol. The number of aryl methyl sites for hydroxylation is 1. The maximum atomic E-state index is 12.2. The standard InChI is InChI=1S/C16H22N2O3/c1-17-7-9-18(10-8-17)16(15(19)20)6-5-12-3-4-13(21-2)11-14(12)16/h3-4,11H,5-10H2,1-2H3,(H,19,20). The Morgan fingerprint density at radius 2 is 2.00 bits per heavy atom. The number of carbonyl (C=O) groups is 1. The monoisotopic (exact) mass is 290 g/mol. The summed E-state index contributed by atoms with van der Waals surface area (Å²) in [7, 11) is 3.70. The summed E-state index contributed by atoms with van der Waals surface area (Å²) in [6.45, 7) is 3.40. The molecule has 3 rings (SSSR count). The summed E-state index contributed by atoms with van der Waals surface area (Å²) in [5.41, 5.74) is 1.17. The number of ether oxygens (including phenoxy) is 1. The lowest BCUT2D eigenvalue weighted by Gasteiger charge is -2.43. The molecule has 0 saturated carbocycles. The summed E-state index contributed by atoms with van der Waals surface area (Å²) in [4.78, 5) is 16.6. The largest absolute Gasteiger partial charge is 0.497 e. The predicted octanol–water partition coefficient (Wildman–Crippen LogP) is 1.17. The van der Waals surface area contributed by atoms with Gasteiger partial charge < -0.3 is 14.7 Å². The molecule has 0 radical (unpaired) electrons. The summed E-state index contributed by atoms with van der Waals surface area (Å²) in [5, 5.41) is 10.00. The van der Waals surface area contributed by atoms with E-state index in [0.717, 1.165) is 49.5 Å². The molecule has 1 saturated heterocycles. The van der Waals surface area contributed by atoms with Crippen molar-refractivity contribution >= 4 is 5.97 Å². The summed E-state index contributed by atoms with van der Waals surface area (Å²) in [5.74, 6) is -0.00513. The van der Waals surface area contributed by atoms with Crippen LogP contribution in [-0.4, -0.2) is 61.2 Å². The molecule has 21 heavy (non-hydrogen) atoms. The molecule has 1 aromatic carbocycles. The van der Waals surface area contributed by atoms with Crippen LogP contribution < -0.4 is 4.74 Å². The van der Waals surface area contributed by atoms with Crippen molar-refractivity contribution in [2.75, 3.05) is 40.3 Å². The number of likely N-dealkylation sites (N-methyl/N-ethyl adjacent to an activating group) is 1. The van der Waals surface area contributed by atoms with Crippen molar-refractivity contribution in [3.63, 3.8) is 0 Å². The molecule has 0 bridgehead atoms. The zero-order valence-corrected chi connectivity index (χ0v) is 12.6. The van der Waals surface area contributed by atoms with Crippen LogP contribution in [0.15, 0.2) is 18.2 Å². The van der Waals surface area contributed by atoms with Gasteiger partial charge in [0.05, 0.1) is 7.11 Å². The van der Waals surface area contributed by atoms with Crippen LogP contribution in [0.3, 0.4) is 0 Å². The normalized spacial score (nSPS) is 26.6. The van der Waals surface area contributed by atoms with E-state index < -0.39 is 11.5 Å². The average molecular weight is 290 g/mol. The molecule has 1 unspecified atom stereocenters. The van der Waals surface area contributed by atoms with Gasteiger partial charge in [0, 0.05) is 26.2 Å². The molecule has 0 amide bonds. The highest BCUT2D eigenvalue weighted by Crippen LogP contribution is 2.43. The molecule has 1 aliphatic heterocycles. The molecular formula is C16H22N2O3. The third-order valence-corrected chi connectivity index (χ3v) is 4.92. The van der Waals surface area contributed by atoms with Crippen LogP contribution in [0, 0.1) is 0 Å². The second kappa shape index (κ2) is 5.31. The summed E-state index contributed by atoms with van der Waals surface area (Å²) >= 11 is 0. The molecule has 5 heteroatoms. The number of hydrogen-bond acceptors (Lipinski definition) is 4. The van der Waals surface area contributed by atoms with Crippen LogP contribution >= 0.6 is 0 Å². The van der Waals surface area contributed by atoms with Gasteiger partial charge in [0.2, 0.25) is 0 Å². The fraction of sp³-hybridized carbons (Fsp3) is 0.562. The van der Waals surface area contributed by atoms with E-state index in [1.54, 1.807) is 7.11 Å². The Balaban J connectivity index is 2.03. The molecule has 114 valence electrons. The van der Waals surface area contributed by atoms with Crippen molar-refractivity contribution in [2.24, 2.45) is 0 Å². The molecule has 0 aromatic heterocycles. The van der Waals surface area contributed by atoms with Crippen LogP contribution in [0.4, 0.5) is 0 Å². The van der Waals surface area contributed by atoms with Crippen molar-refractivity contribution in [2.45, 2.75) is 18.4 Å². The van der Waals surface area contributed by atoms with Crippen LogP contribution in [0.5, 0.6) is 5.75 Å². The number of hydrogen-bond donors (Lipinski definition) is 1. The highest BCUT2D eigenvalue weighted by atomic mass is 16.5. The van der Waals surface area contributed by atoms with Crippen LogP contribution in [-0.2, 0) is 16.8 Å². The van der Waals surface area contributed by atoms with Gasteiger partial charge in [-0.3, -0.25) is 4.90 Å². The Labute approximate surface area is 125 Å². The molecule has 0 spiro atoms. The number of benzene rings is 1. The lowest BCUT2D eigenvalue weighted by molar-refractivity contribution is -0.154. The summed E-state index contributed by atoms with van der Waals surface area (Å²) < 4.78 is 5.30. The van der Waals surface area contributed by atoms with E-state index in [9.17, 15) is 9.90 Å². The Kier molecular flexibility index (Phi) is 3.63. The Hall–Kier alpha value is -1.59. The van der Waals surface area contributed by atoms with Crippen molar-refractivity contribution < 1.29 is 14.6 Å². The van der Waals surface area contributed by atoms with E-state index in [-0.39, 0.29) is 0 Å². The highest BCUT2D eigenvalue weighted by Gasteiger charge is 2.50. The van der Waals surface area contributed by atoms with Gasteiger partial charge in [0.15, 0.2) is 0 Å². The second-order valence-corrected chi connectivity index (χ2v) is 5.98. The predicted molar refractivity (Wildman–Crippen MR) is 79.7 cm³/mol. The Bertz CT molecular complexity index is 552. The number of carboxylic acids is 1. The van der Waals surface area contributed by atoms with E-state index >= 15 is 0 Å². The average Bonchev–Trinajstić information content (AvgIpc) is 2.87. The number of piperazine rings is 1. The number of rotatable bonds is 3. The first-order chi connectivity index (χ1) is 10.1. The van der Waals surface area contributed by atoms with Crippen LogP contribution in [0.25, 0.3) is 0 Å².